The highest BCUT2D eigenvalue weighted by Crippen LogP contribution is 2.45. The summed E-state index contributed by atoms with van der Waals surface area (Å²) >= 11 is 0. The molecule has 0 radical (unpaired) electrons. The molecule has 0 aliphatic carbocycles. The van der Waals surface area contributed by atoms with Gasteiger partial charge in [-0.1, -0.05) is 72.8 Å². The molecule has 5 heteroatoms. The summed E-state index contributed by atoms with van der Waals surface area (Å²) in [4.78, 5) is 0. The van der Waals surface area contributed by atoms with Gasteiger partial charge in [0.25, 0.3) is 0 Å². The van der Waals surface area contributed by atoms with Gasteiger partial charge < -0.3 is 24.3 Å². The van der Waals surface area contributed by atoms with E-state index in [2.05, 4.69) is 67.7 Å². The monoisotopic (exact) mass is 509 g/mol. The van der Waals surface area contributed by atoms with Crippen LogP contribution in [-0.4, -0.2) is 18.8 Å². The highest BCUT2D eigenvalue weighted by molar-refractivity contribution is 5.54. The predicted octanol–water partition coefficient (Wildman–Crippen LogP) is 7.32. The van der Waals surface area contributed by atoms with E-state index in [4.69, 9.17) is 18.9 Å². The van der Waals surface area contributed by atoms with Gasteiger partial charge in [0.05, 0.1) is 20.3 Å². The SMILES string of the molecule is COc1ccc(CNc2ccc3c(c2)C(OCc2ccccc2)C(OCc2ccccc2)C(C)(C)O3)cc1. The molecule has 0 spiro atoms. The molecule has 2 unspecified atom stereocenters. The number of benzene rings is 4. The Balaban J connectivity index is 1.40. The van der Waals surface area contributed by atoms with E-state index in [0.717, 1.165) is 33.9 Å². The third kappa shape index (κ3) is 6.18. The molecule has 0 fully saturated rings. The third-order valence-electron chi connectivity index (χ3n) is 6.85. The van der Waals surface area contributed by atoms with Crippen LogP contribution in [0, 0.1) is 0 Å². The van der Waals surface area contributed by atoms with Crippen LogP contribution < -0.4 is 14.8 Å². The lowest BCUT2D eigenvalue weighted by molar-refractivity contribution is -0.170. The van der Waals surface area contributed by atoms with Gasteiger partial charge in [-0.15, -0.1) is 0 Å². The standard InChI is InChI=1S/C33H35NO4/c1-33(2)32(37-23-26-12-8-5-9-13-26)31(36-22-25-10-6-4-7-11-25)29-20-27(16-19-30(29)38-33)34-21-24-14-17-28(35-3)18-15-24/h4-20,31-32,34H,21-23H2,1-3H3. The van der Waals surface area contributed by atoms with Crippen LogP contribution in [0.15, 0.2) is 103 Å². The molecule has 0 amide bonds. The summed E-state index contributed by atoms with van der Waals surface area (Å²) in [5.74, 6) is 1.67. The maximum Gasteiger partial charge on any atom is 0.132 e. The number of methoxy groups -OCH3 is 1. The highest BCUT2D eigenvalue weighted by Gasteiger charge is 2.45. The molecule has 0 saturated heterocycles. The molecule has 0 saturated carbocycles. The molecule has 2 atom stereocenters. The number of fused-ring (bicyclic) bond motifs is 1. The summed E-state index contributed by atoms with van der Waals surface area (Å²) in [5, 5.41) is 3.54. The van der Waals surface area contributed by atoms with Gasteiger partial charge in [0.2, 0.25) is 0 Å². The average molecular weight is 510 g/mol. The van der Waals surface area contributed by atoms with E-state index in [9.17, 15) is 0 Å². The van der Waals surface area contributed by atoms with Crippen molar-refractivity contribution in [1.82, 2.24) is 0 Å². The lowest BCUT2D eigenvalue weighted by Gasteiger charge is -2.44. The largest absolute Gasteiger partial charge is 0.497 e. The van der Waals surface area contributed by atoms with Crippen molar-refractivity contribution >= 4 is 5.69 Å². The van der Waals surface area contributed by atoms with Crippen LogP contribution in [0.4, 0.5) is 5.69 Å². The summed E-state index contributed by atoms with van der Waals surface area (Å²) in [6.45, 7) is 5.79. The number of hydrogen-bond acceptors (Lipinski definition) is 5. The number of nitrogens with one attached hydrogen (secondary N) is 1. The molecule has 1 heterocycles. The van der Waals surface area contributed by atoms with Gasteiger partial charge in [-0.2, -0.15) is 0 Å². The molecule has 0 bridgehead atoms. The minimum atomic E-state index is -0.582. The van der Waals surface area contributed by atoms with Crippen LogP contribution in [-0.2, 0) is 29.2 Å². The maximum atomic E-state index is 6.63. The van der Waals surface area contributed by atoms with E-state index in [1.165, 1.54) is 5.56 Å². The first-order valence-corrected chi connectivity index (χ1v) is 13.0. The Morgan fingerprint density at radius 2 is 1.37 bits per heavy atom. The summed E-state index contributed by atoms with van der Waals surface area (Å²) in [6.07, 6.45) is -0.615. The summed E-state index contributed by atoms with van der Waals surface area (Å²) in [7, 11) is 1.68. The molecule has 1 aliphatic heterocycles. The van der Waals surface area contributed by atoms with E-state index >= 15 is 0 Å². The van der Waals surface area contributed by atoms with Crippen LogP contribution >= 0.6 is 0 Å². The second-order valence-electron chi connectivity index (χ2n) is 10.1. The molecule has 4 aromatic rings. The van der Waals surface area contributed by atoms with E-state index in [1.54, 1.807) is 7.11 Å². The minimum absolute atomic E-state index is 0.305. The molecular weight excluding hydrogens is 474 g/mol. The van der Waals surface area contributed by atoms with Crippen molar-refractivity contribution in [2.75, 3.05) is 12.4 Å². The number of hydrogen-bond donors (Lipinski definition) is 1. The van der Waals surface area contributed by atoms with Gasteiger partial charge >= 0.3 is 0 Å². The highest BCUT2D eigenvalue weighted by atomic mass is 16.6. The van der Waals surface area contributed by atoms with Crippen molar-refractivity contribution in [3.63, 3.8) is 0 Å². The van der Waals surface area contributed by atoms with E-state index in [1.807, 2.05) is 54.6 Å². The average Bonchev–Trinajstić information content (AvgIpc) is 2.95. The fourth-order valence-corrected chi connectivity index (χ4v) is 4.78. The van der Waals surface area contributed by atoms with Crippen molar-refractivity contribution in [3.05, 3.63) is 125 Å². The first kappa shape index (κ1) is 25.8. The van der Waals surface area contributed by atoms with Gasteiger partial charge in [0, 0.05) is 17.8 Å². The van der Waals surface area contributed by atoms with Crippen LogP contribution in [0.5, 0.6) is 11.5 Å². The maximum absolute atomic E-state index is 6.63. The van der Waals surface area contributed by atoms with Crippen molar-refractivity contribution in [3.8, 4) is 11.5 Å². The van der Waals surface area contributed by atoms with Gasteiger partial charge in [0.15, 0.2) is 0 Å². The Labute approximate surface area is 225 Å². The topological polar surface area (TPSA) is 49.0 Å². The lowest BCUT2D eigenvalue weighted by Crippen LogP contribution is -2.50. The van der Waals surface area contributed by atoms with Gasteiger partial charge in [0.1, 0.15) is 29.3 Å². The van der Waals surface area contributed by atoms with Crippen molar-refractivity contribution in [2.24, 2.45) is 0 Å². The van der Waals surface area contributed by atoms with E-state index in [0.29, 0.717) is 19.8 Å². The van der Waals surface area contributed by atoms with Crippen molar-refractivity contribution in [1.29, 1.82) is 0 Å². The van der Waals surface area contributed by atoms with Crippen LogP contribution in [0.2, 0.25) is 0 Å². The molecule has 5 nitrogen and oxygen atoms in total. The summed E-state index contributed by atoms with van der Waals surface area (Å²) < 4.78 is 25.0. The quantitative estimate of drug-likeness (QED) is 0.243. The Hall–Kier alpha value is -3.80. The van der Waals surface area contributed by atoms with Gasteiger partial charge in [-0.3, -0.25) is 0 Å². The predicted molar refractivity (Wildman–Crippen MR) is 150 cm³/mol. The number of ether oxygens (including phenoxy) is 4. The Morgan fingerprint density at radius 3 is 2.00 bits per heavy atom. The summed E-state index contributed by atoms with van der Waals surface area (Å²) in [5.41, 5.74) is 4.80. The lowest BCUT2D eigenvalue weighted by atomic mass is 9.87. The zero-order valence-corrected chi connectivity index (χ0v) is 22.2. The normalized spacial score (nSPS) is 17.8. The summed E-state index contributed by atoms with van der Waals surface area (Å²) in [6, 6.07) is 34.8. The van der Waals surface area contributed by atoms with Crippen LogP contribution in [0.25, 0.3) is 0 Å². The fraction of sp³-hybridized carbons (Fsp3) is 0.273. The molecule has 5 rings (SSSR count). The Morgan fingerprint density at radius 1 is 0.737 bits per heavy atom. The van der Waals surface area contributed by atoms with Gasteiger partial charge in [-0.05, 0) is 60.9 Å². The van der Waals surface area contributed by atoms with Crippen molar-refractivity contribution < 1.29 is 18.9 Å². The zero-order valence-electron chi connectivity index (χ0n) is 22.2. The number of rotatable bonds is 10. The smallest absolute Gasteiger partial charge is 0.132 e. The molecule has 38 heavy (non-hydrogen) atoms. The third-order valence-corrected chi connectivity index (χ3v) is 6.85. The van der Waals surface area contributed by atoms with Crippen molar-refractivity contribution in [2.45, 2.75) is 51.4 Å². The Kier molecular flexibility index (Phi) is 7.97. The first-order valence-electron chi connectivity index (χ1n) is 13.0. The van der Waals surface area contributed by atoms with Crippen LogP contribution in [0.1, 0.15) is 42.2 Å². The second kappa shape index (κ2) is 11.7. The minimum Gasteiger partial charge on any atom is -0.497 e. The molecule has 1 aliphatic rings. The van der Waals surface area contributed by atoms with E-state index in [-0.39, 0.29) is 12.2 Å². The molecule has 1 N–H and O–H groups in total. The number of anilines is 1. The second-order valence-corrected chi connectivity index (χ2v) is 10.1. The molecule has 0 aromatic heterocycles. The molecular formula is C33H35NO4. The van der Waals surface area contributed by atoms with E-state index < -0.39 is 5.60 Å². The fourth-order valence-electron chi connectivity index (χ4n) is 4.78. The van der Waals surface area contributed by atoms with Gasteiger partial charge in [-0.25, -0.2) is 0 Å². The Bertz CT molecular complexity index is 1310. The molecule has 196 valence electrons. The first-order chi connectivity index (χ1) is 18.5. The zero-order chi connectivity index (χ0) is 26.4. The van der Waals surface area contributed by atoms with Crippen LogP contribution in [0.3, 0.4) is 0 Å². The molecule has 4 aromatic carbocycles.